The molecular formula is C11H6N2O3. The molecule has 5 heteroatoms. The van der Waals surface area contributed by atoms with Crippen molar-refractivity contribution in [3.8, 4) is 12.1 Å². The average molecular weight is 214 g/mol. The number of rotatable bonds is 2. The molecule has 0 spiro atoms. The summed E-state index contributed by atoms with van der Waals surface area (Å²) in [5.74, 6) is -1.86. The summed E-state index contributed by atoms with van der Waals surface area (Å²) in [7, 11) is 0. The van der Waals surface area contributed by atoms with Gasteiger partial charge >= 0.3 is 5.97 Å². The third kappa shape index (κ3) is 1.99. The van der Waals surface area contributed by atoms with E-state index in [2.05, 4.69) is 0 Å². The van der Waals surface area contributed by atoms with Crippen LogP contribution in [0.2, 0.25) is 0 Å². The van der Waals surface area contributed by atoms with Crippen LogP contribution in [0, 0.1) is 22.7 Å². The van der Waals surface area contributed by atoms with Crippen molar-refractivity contribution in [1.29, 1.82) is 10.5 Å². The Morgan fingerprint density at radius 3 is 2.00 bits per heavy atom. The smallest absolute Gasteiger partial charge is 0.336 e. The minimum Gasteiger partial charge on any atom is -0.505 e. The van der Waals surface area contributed by atoms with Gasteiger partial charge in [-0.15, -0.1) is 0 Å². The fourth-order valence-electron chi connectivity index (χ4n) is 1.14. The van der Waals surface area contributed by atoms with Crippen molar-refractivity contribution >= 4 is 11.7 Å². The van der Waals surface area contributed by atoms with Gasteiger partial charge in [0.1, 0.15) is 12.1 Å². The van der Waals surface area contributed by atoms with Gasteiger partial charge in [0.15, 0.2) is 11.3 Å². The van der Waals surface area contributed by atoms with Crippen LogP contribution in [0.15, 0.2) is 29.8 Å². The molecule has 5 nitrogen and oxygen atoms in total. The van der Waals surface area contributed by atoms with Gasteiger partial charge in [-0.05, 0) is 6.07 Å². The summed E-state index contributed by atoms with van der Waals surface area (Å²) in [5.41, 5.74) is -0.732. The van der Waals surface area contributed by atoms with Gasteiger partial charge in [0.05, 0.1) is 5.56 Å². The van der Waals surface area contributed by atoms with Crippen LogP contribution in [0.5, 0.6) is 0 Å². The highest BCUT2D eigenvalue weighted by atomic mass is 16.4. The third-order valence-corrected chi connectivity index (χ3v) is 1.87. The fraction of sp³-hybridized carbons (Fsp3) is 0. The zero-order chi connectivity index (χ0) is 12.1. The lowest BCUT2D eigenvalue weighted by Gasteiger charge is -2.04. The van der Waals surface area contributed by atoms with E-state index in [1.54, 1.807) is 0 Å². The Morgan fingerprint density at radius 1 is 1.06 bits per heavy atom. The van der Waals surface area contributed by atoms with E-state index in [1.807, 2.05) is 0 Å². The monoisotopic (exact) mass is 214 g/mol. The molecule has 0 aliphatic rings. The second kappa shape index (κ2) is 4.63. The molecule has 0 amide bonds. The number of carbonyl (C=O) groups is 1. The van der Waals surface area contributed by atoms with Gasteiger partial charge < -0.3 is 10.2 Å². The van der Waals surface area contributed by atoms with Crippen LogP contribution >= 0.6 is 0 Å². The molecule has 0 unspecified atom stereocenters. The minimum atomic E-state index is -1.24. The highest BCUT2D eigenvalue weighted by molar-refractivity contribution is 5.94. The number of nitriles is 2. The number of carboxylic acid groups (broad SMARTS) is 1. The fourth-order valence-corrected chi connectivity index (χ4v) is 1.14. The zero-order valence-electron chi connectivity index (χ0n) is 8.01. The first-order chi connectivity index (χ1) is 7.61. The predicted molar refractivity (Wildman–Crippen MR) is 54.2 cm³/mol. The topological polar surface area (TPSA) is 105 Å². The van der Waals surface area contributed by atoms with E-state index in [9.17, 15) is 9.90 Å². The first-order valence-electron chi connectivity index (χ1n) is 4.18. The number of nitrogens with zero attached hydrogens (tertiary/aromatic N) is 2. The molecular weight excluding hydrogens is 208 g/mol. The molecule has 0 aliphatic carbocycles. The lowest BCUT2D eigenvalue weighted by Crippen LogP contribution is -2.02. The van der Waals surface area contributed by atoms with Gasteiger partial charge in [-0.3, -0.25) is 0 Å². The summed E-state index contributed by atoms with van der Waals surface area (Å²) in [5, 5.41) is 35.5. The Balaban J connectivity index is 3.48. The molecule has 1 aromatic rings. The number of allylic oxidation sites excluding steroid dienone is 1. The molecule has 1 rings (SSSR count). The lowest BCUT2D eigenvalue weighted by atomic mass is 10.0. The van der Waals surface area contributed by atoms with Gasteiger partial charge in [-0.25, -0.2) is 4.79 Å². The largest absolute Gasteiger partial charge is 0.505 e. The predicted octanol–water partition coefficient (Wildman–Crippen LogP) is 1.70. The Morgan fingerprint density at radius 2 is 1.56 bits per heavy atom. The van der Waals surface area contributed by atoms with E-state index in [0.717, 1.165) is 0 Å². The molecule has 0 radical (unpaired) electrons. The van der Waals surface area contributed by atoms with Gasteiger partial charge in [0.2, 0.25) is 0 Å². The molecule has 2 N–H and O–H groups in total. The molecule has 0 saturated heterocycles. The Labute approximate surface area is 91.1 Å². The van der Waals surface area contributed by atoms with Crippen LogP contribution < -0.4 is 0 Å². The summed E-state index contributed by atoms with van der Waals surface area (Å²) < 4.78 is 0. The van der Waals surface area contributed by atoms with Gasteiger partial charge in [0, 0.05) is 5.56 Å². The van der Waals surface area contributed by atoms with Gasteiger partial charge in [-0.1, -0.05) is 18.2 Å². The molecule has 78 valence electrons. The van der Waals surface area contributed by atoms with Crippen molar-refractivity contribution in [1.82, 2.24) is 0 Å². The minimum absolute atomic E-state index is 0.0481. The number of aliphatic hydroxyl groups excluding tert-OH is 1. The molecule has 0 atom stereocenters. The standard InChI is InChI=1S/C11H6N2O3/c12-5-7(6-13)10(14)8-3-1-2-4-9(8)11(15)16/h1-4,14H,(H,15,16). The number of hydrogen-bond donors (Lipinski definition) is 2. The van der Waals surface area contributed by atoms with Crippen LogP contribution in [-0.2, 0) is 0 Å². The van der Waals surface area contributed by atoms with Crippen molar-refractivity contribution in [2.75, 3.05) is 0 Å². The van der Waals surface area contributed by atoms with E-state index in [4.69, 9.17) is 15.6 Å². The molecule has 0 aromatic heterocycles. The summed E-state index contributed by atoms with van der Waals surface area (Å²) >= 11 is 0. The molecule has 0 aliphatic heterocycles. The van der Waals surface area contributed by atoms with Crippen molar-refractivity contribution in [3.05, 3.63) is 41.0 Å². The van der Waals surface area contributed by atoms with Gasteiger partial charge in [0.25, 0.3) is 0 Å². The van der Waals surface area contributed by atoms with Crippen LogP contribution in [-0.4, -0.2) is 16.2 Å². The van der Waals surface area contributed by atoms with Crippen molar-refractivity contribution < 1.29 is 15.0 Å². The Kier molecular flexibility index (Phi) is 3.26. The summed E-state index contributed by atoms with van der Waals surface area (Å²) in [6.45, 7) is 0. The SMILES string of the molecule is N#CC(C#N)=C(O)c1ccccc1C(=O)O. The summed E-state index contributed by atoms with van der Waals surface area (Å²) in [6.07, 6.45) is 0. The number of aliphatic hydroxyl groups is 1. The van der Waals surface area contributed by atoms with E-state index in [0.29, 0.717) is 0 Å². The number of carboxylic acids is 1. The van der Waals surface area contributed by atoms with Crippen LogP contribution in [0.1, 0.15) is 15.9 Å². The van der Waals surface area contributed by atoms with E-state index >= 15 is 0 Å². The maximum absolute atomic E-state index is 10.8. The molecule has 0 heterocycles. The maximum Gasteiger partial charge on any atom is 0.336 e. The second-order valence-corrected chi connectivity index (χ2v) is 2.80. The number of hydrogen-bond acceptors (Lipinski definition) is 4. The number of benzene rings is 1. The average Bonchev–Trinajstić information content (AvgIpc) is 2.30. The first-order valence-corrected chi connectivity index (χ1v) is 4.18. The maximum atomic E-state index is 10.8. The van der Waals surface area contributed by atoms with E-state index in [1.165, 1.54) is 36.4 Å². The number of aromatic carboxylic acids is 1. The van der Waals surface area contributed by atoms with Crippen LogP contribution in [0.25, 0.3) is 5.76 Å². The zero-order valence-corrected chi connectivity index (χ0v) is 8.01. The van der Waals surface area contributed by atoms with Crippen molar-refractivity contribution in [2.45, 2.75) is 0 Å². The van der Waals surface area contributed by atoms with Crippen molar-refractivity contribution in [3.63, 3.8) is 0 Å². The lowest BCUT2D eigenvalue weighted by molar-refractivity contribution is 0.0696. The molecule has 1 aromatic carbocycles. The molecule has 0 saturated carbocycles. The third-order valence-electron chi connectivity index (χ3n) is 1.87. The first kappa shape index (κ1) is 11.3. The summed E-state index contributed by atoms with van der Waals surface area (Å²) in [6, 6.07) is 8.58. The molecule has 0 fully saturated rings. The molecule has 16 heavy (non-hydrogen) atoms. The second-order valence-electron chi connectivity index (χ2n) is 2.80. The van der Waals surface area contributed by atoms with Crippen LogP contribution in [0.4, 0.5) is 0 Å². The highest BCUT2D eigenvalue weighted by Gasteiger charge is 2.15. The van der Waals surface area contributed by atoms with Crippen LogP contribution in [0.3, 0.4) is 0 Å². The van der Waals surface area contributed by atoms with Gasteiger partial charge in [-0.2, -0.15) is 10.5 Å². The molecule has 0 bridgehead atoms. The quantitative estimate of drug-likeness (QED) is 0.575. The van der Waals surface area contributed by atoms with Crippen molar-refractivity contribution in [2.24, 2.45) is 0 Å². The highest BCUT2D eigenvalue weighted by Crippen LogP contribution is 2.19. The Bertz CT molecular complexity index is 531. The normalized spacial score (nSPS) is 8.62. The van der Waals surface area contributed by atoms with E-state index < -0.39 is 17.3 Å². The summed E-state index contributed by atoms with van der Waals surface area (Å²) in [4.78, 5) is 10.8. The van der Waals surface area contributed by atoms with E-state index in [-0.39, 0.29) is 11.1 Å². The Hall–Kier alpha value is -2.79.